The molecule has 3 rings (SSSR count). The van der Waals surface area contributed by atoms with Crippen molar-refractivity contribution >= 4 is 23.8 Å². The minimum Gasteiger partial charge on any atom is -0.493 e. The van der Waals surface area contributed by atoms with Crippen LogP contribution in [0.3, 0.4) is 0 Å². The van der Waals surface area contributed by atoms with Crippen molar-refractivity contribution in [3.05, 3.63) is 65.5 Å². The van der Waals surface area contributed by atoms with Gasteiger partial charge in [0.2, 0.25) is 5.91 Å². The van der Waals surface area contributed by atoms with Gasteiger partial charge in [0.15, 0.2) is 5.60 Å². The number of carbonyl (C=O) groups excluding carboxylic acids is 1. The van der Waals surface area contributed by atoms with Crippen molar-refractivity contribution in [3.63, 3.8) is 0 Å². The fraction of sp³-hybridized carbons (Fsp3) is 0.448. The first-order chi connectivity index (χ1) is 19.3. The molecule has 0 bridgehead atoms. The molecule has 5 N–H and O–H groups in total. The Morgan fingerprint density at radius 3 is 2.05 bits per heavy atom. The van der Waals surface area contributed by atoms with Gasteiger partial charge in [-0.05, 0) is 31.4 Å². The highest BCUT2D eigenvalue weighted by atomic mass is 19.1. The third-order valence-electron chi connectivity index (χ3n) is 6.63. The summed E-state index contributed by atoms with van der Waals surface area (Å²) >= 11 is 0. The second kappa shape index (κ2) is 15.1. The Bertz CT molecular complexity index is 1200. The van der Waals surface area contributed by atoms with Crippen LogP contribution in [0.2, 0.25) is 0 Å². The predicted octanol–water partition coefficient (Wildman–Crippen LogP) is 2.99. The number of hydrogen-bond donors (Lipinski definition) is 5. The molecule has 1 aliphatic heterocycles. The van der Waals surface area contributed by atoms with E-state index in [1.165, 1.54) is 13.0 Å². The van der Waals surface area contributed by atoms with Gasteiger partial charge in [0.05, 0.1) is 25.0 Å². The Hall–Kier alpha value is -4.03. The molecule has 11 nitrogen and oxygen atoms in total. The summed E-state index contributed by atoms with van der Waals surface area (Å²) in [6.45, 7) is 6.63. The number of hydrogen-bond acceptors (Lipinski definition) is 7. The average Bonchev–Trinajstić information content (AvgIpc) is 2.88. The van der Waals surface area contributed by atoms with Gasteiger partial charge in [-0.3, -0.25) is 19.3 Å². The second-order valence-electron chi connectivity index (χ2n) is 9.95. The molecule has 41 heavy (non-hydrogen) atoms. The number of halogens is 1. The van der Waals surface area contributed by atoms with Crippen molar-refractivity contribution in [3.8, 4) is 5.75 Å². The summed E-state index contributed by atoms with van der Waals surface area (Å²) < 4.78 is 20.4. The molecule has 1 fully saturated rings. The van der Waals surface area contributed by atoms with Gasteiger partial charge in [-0.25, -0.2) is 9.18 Å². The van der Waals surface area contributed by atoms with Crippen LogP contribution in [0.25, 0.3) is 0 Å². The summed E-state index contributed by atoms with van der Waals surface area (Å²) in [5, 5.41) is 36.9. The number of benzene rings is 2. The number of carboxylic acids is 3. The molecule has 0 spiro atoms. The van der Waals surface area contributed by atoms with Gasteiger partial charge >= 0.3 is 17.9 Å². The van der Waals surface area contributed by atoms with Crippen molar-refractivity contribution in [2.24, 2.45) is 0 Å². The number of carboxylic acid groups (broad SMARTS) is 3. The molecule has 1 heterocycles. The van der Waals surface area contributed by atoms with Gasteiger partial charge in [-0.2, -0.15) is 0 Å². The van der Waals surface area contributed by atoms with Crippen LogP contribution < -0.4 is 10.1 Å². The van der Waals surface area contributed by atoms with Crippen molar-refractivity contribution in [1.29, 1.82) is 0 Å². The van der Waals surface area contributed by atoms with Crippen LogP contribution in [0.1, 0.15) is 57.1 Å². The summed E-state index contributed by atoms with van der Waals surface area (Å²) in [6.07, 6.45) is 0.0280. The highest BCUT2D eigenvalue weighted by molar-refractivity contribution is 5.88. The molecular formula is C29H37FN2O9. The van der Waals surface area contributed by atoms with E-state index in [-0.39, 0.29) is 11.7 Å². The number of aliphatic carboxylic acids is 3. The van der Waals surface area contributed by atoms with E-state index in [0.29, 0.717) is 25.0 Å². The standard InChI is InChI=1S/C23H29FN2O2.C6H8O7/c1-3-16-28-22-11-7-4-8-19(22)17-26-14-12-23(13-15-26,25-18(2)27)20-9-5-6-10-21(20)24;7-3(8)1-6(13,5(11)12)2-4(9)10/h4-11H,3,12-17H2,1-2H3,(H,25,27);13H,1-2H2,(H,7,8)(H,9,10)(H,11,12). The number of piperidine rings is 1. The minimum absolute atomic E-state index is 0.130. The number of aliphatic hydroxyl groups is 1. The van der Waals surface area contributed by atoms with Gasteiger partial charge in [-0.1, -0.05) is 43.3 Å². The predicted molar refractivity (Wildman–Crippen MR) is 146 cm³/mol. The molecule has 1 amide bonds. The fourth-order valence-electron chi connectivity index (χ4n) is 4.68. The molecule has 1 saturated heterocycles. The Labute approximate surface area is 237 Å². The molecule has 0 unspecified atom stereocenters. The van der Waals surface area contributed by atoms with E-state index < -0.39 is 41.9 Å². The zero-order valence-corrected chi connectivity index (χ0v) is 23.1. The molecule has 12 heteroatoms. The number of nitrogens with one attached hydrogen (secondary N) is 1. The van der Waals surface area contributed by atoms with Crippen molar-refractivity contribution < 1.29 is 48.7 Å². The van der Waals surface area contributed by atoms with Crippen LogP contribution in [0.15, 0.2) is 48.5 Å². The third kappa shape index (κ3) is 9.83. The summed E-state index contributed by atoms with van der Waals surface area (Å²) in [6, 6.07) is 14.9. The highest BCUT2D eigenvalue weighted by Crippen LogP contribution is 2.35. The number of nitrogens with zero attached hydrogens (tertiary/aromatic N) is 1. The topological polar surface area (TPSA) is 174 Å². The third-order valence-corrected chi connectivity index (χ3v) is 6.63. The zero-order chi connectivity index (χ0) is 30.6. The normalized spacial score (nSPS) is 14.7. The van der Waals surface area contributed by atoms with Crippen molar-refractivity contribution in [2.75, 3.05) is 19.7 Å². The number of likely N-dealkylation sites (tertiary alicyclic amines) is 1. The highest BCUT2D eigenvalue weighted by Gasteiger charge is 2.41. The van der Waals surface area contributed by atoms with Crippen molar-refractivity contribution in [1.82, 2.24) is 10.2 Å². The van der Waals surface area contributed by atoms with Gasteiger partial charge in [0, 0.05) is 37.7 Å². The lowest BCUT2D eigenvalue weighted by Gasteiger charge is -2.43. The van der Waals surface area contributed by atoms with Crippen LogP contribution in [0, 0.1) is 5.82 Å². The van der Waals surface area contributed by atoms with Gasteiger partial charge in [-0.15, -0.1) is 0 Å². The maximum Gasteiger partial charge on any atom is 0.336 e. The van der Waals surface area contributed by atoms with Gasteiger partial charge < -0.3 is 30.5 Å². The molecule has 0 saturated carbocycles. The van der Waals surface area contributed by atoms with E-state index in [4.69, 9.17) is 25.2 Å². The van der Waals surface area contributed by atoms with E-state index >= 15 is 0 Å². The van der Waals surface area contributed by atoms with Crippen molar-refractivity contribution in [2.45, 2.75) is 63.6 Å². The average molecular weight is 577 g/mol. The van der Waals surface area contributed by atoms with Crippen LogP contribution in [-0.4, -0.2) is 74.4 Å². The number of rotatable bonds is 12. The number of amides is 1. The molecule has 0 aromatic heterocycles. The lowest BCUT2D eigenvalue weighted by Crippen LogP contribution is -2.52. The lowest BCUT2D eigenvalue weighted by molar-refractivity contribution is -0.170. The van der Waals surface area contributed by atoms with Crippen LogP contribution in [-0.2, 0) is 31.3 Å². The first-order valence-corrected chi connectivity index (χ1v) is 13.2. The molecule has 2 aromatic rings. The molecule has 0 radical (unpaired) electrons. The van der Waals surface area contributed by atoms with E-state index in [1.54, 1.807) is 12.1 Å². The Morgan fingerprint density at radius 1 is 0.976 bits per heavy atom. The molecule has 0 aliphatic carbocycles. The summed E-state index contributed by atoms with van der Waals surface area (Å²) in [4.78, 5) is 44.7. The summed E-state index contributed by atoms with van der Waals surface area (Å²) in [7, 11) is 0. The molecule has 0 atom stereocenters. The number of para-hydroxylation sites is 1. The summed E-state index contributed by atoms with van der Waals surface area (Å²) in [5.41, 5.74) is -1.64. The second-order valence-corrected chi connectivity index (χ2v) is 9.95. The van der Waals surface area contributed by atoms with E-state index in [9.17, 15) is 23.6 Å². The zero-order valence-electron chi connectivity index (χ0n) is 23.1. The van der Waals surface area contributed by atoms with E-state index in [2.05, 4.69) is 23.2 Å². The largest absolute Gasteiger partial charge is 0.493 e. The fourth-order valence-corrected chi connectivity index (χ4v) is 4.68. The Morgan fingerprint density at radius 2 is 1.54 bits per heavy atom. The molecular weight excluding hydrogens is 539 g/mol. The Balaban J connectivity index is 0.000000383. The first kappa shape index (κ1) is 33.2. The van der Waals surface area contributed by atoms with Crippen LogP contribution in [0.5, 0.6) is 5.75 Å². The van der Waals surface area contributed by atoms with Crippen LogP contribution in [0.4, 0.5) is 4.39 Å². The molecule has 224 valence electrons. The monoisotopic (exact) mass is 576 g/mol. The van der Waals surface area contributed by atoms with E-state index in [1.807, 2.05) is 24.3 Å². The van der Waals surface area contributed by atoms with E-state index in [0.717, 1.165) is 37.4 Å². The minimum atomic E-state index is -2.74. The Kier molecular flexibility index (Phi) is 12.2. The van der Waals surface area contributed by atoms with Gasteiger partial charge in [0.25, 0.3) is 0 Å². The maximum atomic E-state index is 14.5. The number of ether oxygens (including phenoxy) is 1. The maximum absolute atomic E-state index is 14.5. The SMILES string of the molecule is CCCOc1ccccc1CN1CCC(NC(C)=O)(c2ccccc2F)CC1.O=C(O)CC(O)(CC(=O)O)C(=O)O. The quantitative estimate of drug-likeness (QED) is 0.253. The molecule has 1 aliphatic rings. The number of carbonyl (C=O) groups is 4. The van der Waals surface area contributed by atoms with Gasteiger partial charge in [0.1, 0.15) is 11.6 Å². The van der Waals surface area contributed by atoms with Crippen LogP contribution >= 0.6 is 0 Å². The first-order valence-electron chi connectivity index (χ1n) is 13.2. The molecule has 2 aromatic carbocycles. The lowest BCUT2D eigenvalue weighted by atomic mass is 9.80. The summed E-state index contributed by atoms with van der Waals surface area (Å²) in [5.74, 6) is -4.48. The smallest absolute Gasteiger partial charge is 0.336 e.